The Morgan fingerprint density at radius 3 is 2.17 bits per heavy atom. The lowest BCUT2D eigenvalue weighted by Crippen LogP contribution is -2.09. The van der Waals surface area contributed by atoms with Crippen molar-refractivity contribution in [3.63, 3.8) is 0 Å². The summed E-state index contributed by atoms with van der Waals surface area (Å²) in [6.45, 7) is 4.81. The molecule has 4 atom stereocenters. The van der Waals surface area contributed by atoms with Gasteiger partial charge in [0.1, 0.15) is 5.75 Å². The Kier molecular flexibility index (Phi) is 3.85. The van der Waals surface area contributed by atoms with E-state index >= 15 is 0 Å². The highest BCUT2D eigenvalue weighted by Crippen LogP contribution is 2.50. The molecule has 0 unspecified atom stereocenters. The number of hydrogen-bond acceptors (Lipinski definition) is 4. The largest absolute Gasteiger partial charge is 0.497 e. The van der Waals surface area contributed by atoms with Crippen molar-refractivity contribution in [2.45, 2.75) is 26.1 Å². The Balaban J connectivity index is 1.59. The second-order valence-electron chi connectivity index (χ2n) is 6.58. The van der Waals surface area contributed by atoms with E-state index in [4.69, 9.17) is 18.9 Å². The number of methoxy groups -OCH3 is 1. The average molecular weight is 326 g/mol. The molecular formula is C20H22O4. The summed E-state index contributed by atoms with van der Waals surface area (Å²) in [6.07, 6.45) is 0.142. The topological polar surface area (TPSA) is 36.9 Å². The first-order valence-corrected chi connectivity index (χ1v) is 8.36. The second kappa shape index (κ2) is 6.02. The molecule has 126 valence electrons. The van der Waals surface area contributed by atoms with Gasteiger partial charge in [0.25, 0.3) is 0 Å². The molecular weight excluding hydrogens is 304 g/mol. The van der Waals surface area contributed by atoms with Gasteiger partial charge in [0.2, 0.25) is 6.79 Å². The van der Waals surface area contributed by atoms with E-state index < -0.39 is 0 Å². The lowest BCUT2D eigenvalue weighted by Gasteiger charge is -2.17. The monoisotopic (exact) mass is 326 g/mol. The maximum atomic E-state index is 6.45. The maximum absolute atomic E-state index is 6.45. The molecule has 2 aromatic rings. The molecule has 0 amide bonds. The summed E-state index contributed by atoms with van der Waals surface area (Å²) >= 11 is 0. The number of fused-ring (bicyclic) bond motifs is 1. The van der Waals surface area contributed by atoms with Crippen LogP contribution < -0.4 is 14.2 Å². The maximum Gasteiger partial charge on any atom is 0.231 e. The van der Waals surface area contributed by atoms with E-state index in [1.807, 2.05) is 24.3 Å². The molecule has 4 heteroatoms. The summed E-state index contributed by atoms with van der Waals surface area (Å²) in [5.74, 6) is 3.32. The Morgan fingerprint density at radius 1 is 0.833 bits per heavy atom. The molecule has 0 radical (unpaired) electrons. The molecule has 4 rings (SSSR count). The van der Waals surface area contributed by atoms with E-state index in [9.17, 15) is 0 Å². The predicted octanol–water partition coefficient (Wildman–Crippen LogP) is 4.51. The zero-order valence-corrected chi connectivity index (χ0v) is 14.2. The van der Waals surface area contributed by atoms with Gasteiger partial charge in [-0.25, -0.2) is 0 Å². The van der Waals surface area contributed by atoms with Crippen LogP contribution in [0.5, 0.6) is 17.2 Å². The van der Waals surface area contributed by atoms with Crippen LogP contribution in [0.1, 0.15) is 37.2 Å². The zero-order chi connectivity index (χ0) is 16.7. The summed E-state index contributed by atoms with van der Waals surface area (Å²) in [7, 11) is 1.68. The molecule has 2 aromatic carbocycles. The fourth-order valence-electron chi connectivity index (χ4n) is 3.61. The first kappa shape index (κ1) is 15.3. The van der Waals surface area contributed by atoms with Gasteiger partial charge >= 0.3 is 0 Å². The van der Waals surface area contributed by atoms with Crippen molar-refractivity contribution in [3.8, 4) is 17.2 Å². The van der Waals surface area contributed by atoms with Crippen molar-refractivity contribution < 1.29 is 18.9 Å². The Hall–Kier alpha value is -2.20. The van der Waals surface area contributed by atoms with Gasteiger partial charge in [-0.1, -0.05) is 32.0 Å². The van der Waals surface area contributed by atoms with Gasteiger partial charge in [-0.05, 0) is 47.2 Å². The van der Waals surface area contributed by atoms with Crippen LogP contribution in [-0.2, 0) is 4.74 Å². The second-order valence-corrected chi connectivity index (χ2v) is 6.58. The summed E-state index contributed by atoms with van der Waals surface area (Å²) in [5.41, 5.74) is 2.34. The Labute approximate surface area is 142 Å². The molecule has 24 heavy (non-hydrogen) atoms. The van der Waals surface area contributed by atoms with Crippen molar-refractivity contribution >= 4 is 0 Å². The van der Waals surface area contributed by atoms with Crippen LogP contribution in [0, 0.1) is 11.8 Å². The normalized spacial score (nSPS) is 28.1. The van der Waals surface area contributed by atoms with Crippen molar-refractivity contribution in [2.75, 3.05) is 13.9 Å². The van der Waals surface area contributed by atoms with E-state index in [2.05, 4.69) is 32.0 Å². The van der Waals surface area contributed by atoms with E-state index in [1.54, 1.807) is 7.11 Å². The molecule has 0 N–H and O–H groups in total. The van der Waals surface area contributed by atoms with Crippen molar-refractivity contribution in [2.24, 2.45) is 11.8 Å². The van der Waals surface area contributed by atoms with Gasteiger partial charge in [-0.3, -0.25) is 0 Å². The van der Waals surface area contributed by atoms with Crippen molar-refractivity contribution in [1.29, 1.82) is 0 Å². The third-order valence-corrected chi connectivity index (χ3v) is 5.25. The summed E-state index contributed by atoms with van der Waals surface area (Å²) in [6, 6.07) is 14.3. The quantitative estimate of drug-likeness (QED) is 0.831. The number of rotatable bonds is 3. The van der Waals surface area contributed by atoms with Gasteiger partial charge in [-0.15, -0.1) is 0 Å². The first-order chi connectivity index (χ1) is 11.7. The van der Waals surface area contributed by atoms with Gasteiger partial charge in [0.05, 0.1) is 19.3 Å². The van der Waals surface area contributed by atoms with Gasteiger partial charge < -0.3 is 18.9 Å². The highest BCUT2D eigenvalue weighted by Gasteiger charge is 2.40. The highest BCUT2D eigenvalue weighted by atomic mass is 16.7. The SMILES string of the molecule is COc1ccc([C@H]2O[C@@H](c3ccc4c(c3)OCO4)[C@@H](C)[C@H]2C)cc1. The molecule has 0 bridgehead atoms. The van der Waals surface area contributed by atoms with Crippen molar-refractivity contribution in [1.82, 2.24) is 0 Å². The van der Waals surface area contributed by atoms with Crippen LogP contribution in [0.25, 0.3) is 0 Å². The zero-order valence-electron chi connectivity index (χ0n) is 14.2. The van der Waals surface area contributed by atoms with Gasteiger partial charge in [0.15, 0.2) is 11.5 Å². The van der Waals surface area contributed by atoms with Gasteiger partial charge in [-0.2, -0.15) is 0 Å². The number of ether oxygens (including phenoxy) is 4. The number of benzene rings is 2. The third kappa shape index (κ3) is 2.51. The third-order valence-electron chi connectivity index (χ3n) is 5.25. The summed E-state index contributed by atoms with van der Waals surface area (Å²) < 4.78 is 22.6. The minimum absolute atomic E-state index is 0.0570. The average Bonchev–Trinajstić information content (AvgIpc) is 3.20. The van der Waals surface area contributed by atoms with E-state index in [0.717, 1.165) is 22.8 Å². The predicted molar refractivity (Wildman–Crippen MR) is 90.5 cm³/mol. The van der Waals surface area contributed by atoms with Crippen LogP contribution in [0.15, 0.2) is 42.5 Å². The minimum atomic E-state index is 0.0570. The molecule has 0 aromatic heterocycles. The Bertz CT molecular complexity index is 725. The fourth-order valence-corrected chi connectivity index (χ4v) is 3.61. The van der Waals surface area contributed by atoms with Crippen LogP contribution in [0.4, 0.5) is 0 Å². The standard InChI is InChI=1S/C20H22O4/c1-12-13(2)20(15-6-9-17-18(10-15)23-11-22-17)24-19(12)14-4-7-16(21-3)8-5-14/h4-10,12-13,19-20H,11H2,1-3H3/t12-,13+,19+,20-/m1/s1. The van der Waals surface area contributed by atoms with E-state index in [1.165, 1.54) is 5.56 Å². The summed E-state index contributed by atoms with van der Waals surface area (Å²) in [5, 5.41) is 0. The molecule has 2 heterocycles. The molecule has 1 saturated heterocycles. The molecule has 2 aliphatic rings. The van der Waals surface area contributed by atoms with Crippen molar-refractivity contribution in [3.05, 3.63) is 53.6 Å². The van der Waals surface area contributed by atoms with E-state index in [0.29, 0.717) is 18.6 Å². The lowest BCUT2D eigenvalue weighted by molar-refractivity contribution is 0.0289. The Morgan fingerprint density at radius 2 is 1.46 bits per heavy atom. The molecule has 2 aliphatic heterocycles. The van der Waals surface area contributed by atoms with Gasteiger partial charge in [0, 0.05) is 0 Å². The highest BCUT2D eigenvalue weighted by molar-refractivity contribution is 5.45. The molecule has 1 fully saturated rings. The fraction of sp³-hybridized carbons (Fsp3) is 0.400. The van der Waals surface area contributed by atoms with Crippen LogP contribution >= 0.6 is 0 Å². The first-order valence-electron chi connectivity index (χ1n) is 8.36. The molecule has 0 saturated carbocycles. The van der Waals surface area contributed by atoms with Crippen LogP contribution in [0.3, 0.4) is 0 Å². The van der Waals surface area contributed by atoms with Crippen LogP contribution in [-0.4, -0.2) is 13.9 Å². The minimum Gasteiger partial charge on any atom is -0.497 e. The molecule has 0 spiro atoms. The van der Waals surface area contributed by atoms with E-state index in [-0.39, 0.29) is 12.2 Å². The number of hydrogen-bond donors (Lipinski definition) is 0. The smallest absolute Gasteiger partial charge is 0.231 e. The molecule has 0 aliphatic carbocycles. The lowest BCUT2D eigenvalue weighted by atomic mass is 9.85. The molecule has 4 nitrogen and oxygen atoms in total. The summed E-state index contributed by atoms with van der Waals surface area (Å²) in [4.78, 5) is 0. The van der Waals surface area contributed by atoms with Crippen LogP contribution in [0.2, 0.25) is 0 Å².